The summed E-state index contributed by atoms with van der Waals surface area (Å²) < 4.78 is 34.1. The molecule has 0 aromatic rings. The molecule has 0 radical (unpaired) electrons. The van der Waals surface area contributed by atoms with Gasteiger partial charge in [-0.05, 0) is 51.4 Å². The van der Waals surface area contributed by atoms with Crippen LogP contribution in [0.3, 0.4) is 0 Å². The molecule has 0 aliphatic heterocycles. The van der Waals surface area contributed by atoms with E-state index in [1.165, 1.54) is 250 Å². The van der Waals surface area contributed by atoms with Gasteiger partial charge in [0, 0.05) is 12.8 Å². The largest absolute Gasteiger partial charge is 0.756 e. The number of carbonyl (C=O) groups is 2. The highest BCUT2D eigenvalue weighted by molar-refractivity contribution is 7.45. The quantitative estimate of drug-likeness (QED) is 0.0195. The number of phosphoric acid groups is 1. The Balaban J connectivity index is 3.82. The average molecular weight is 1110 g/mol. The first kappa shape index (κ1) is 75.2. The Morgan fingerprint density at radius 1 is 0.403 bits per heavy atom. The van der Waals surface area contributed by atoms with E-state index in [2.05, 4.69) is 50.3 Å². The van der Waals surface area contributed by atoms with Gasteiger partial charge in [-0.15, -0.1) is 0 Å². The Morgan fingerprint density at radius 2 is 0.701 bits per heavy atom. The summed E-state index contributed by atoms with van der Waals surface area (Å²) in [4.78, 5) is 37.8. The zero-order chi connectivity index (χ0) is 56.3. The summed E-state index contributed by atoms with van der Waals surface area (Å²) in [5.41, 5.74) is 0. The lowest BCUT2D eigenvalue weighted by Crippen LogP contribution is -2.37. The molecule has 0 N–H and O–H groups in total. The summed E-state index contributed by atoms with van der Waals surface area (Å²) in [6.45, 7) is 4.26. The minimum atomic E-state index is -4.63. The molecule has 0 aromatic heterocycles. The molecule has 0 spiro atoms. The molecule has 0 aliphatic rings. The number of nitrogens with zero attached hydrogens (tertiary/aromatic N) is 1. The van der Waals surface area contributed by atoms with E-state index in [4.69, 9.17) is 18.5 Å². The molecule has 2 unspecified atom stereocenters. The van der Waals surface area contributed by atoms with Crippen molar-refractivity contribution in [3.63, 3.8) is 0 Å². The highest BCUT2D eigenvalue weighted by Gasteiger charge is 2.22. The summed E-state index contributed by atoms with van der Waals surface area (Å²) >= 11 is 0. The minimum Gasteiger partial charge on any atom is -0.756 e. The number of likely N-dealkylation sites (N-methyl/N-ethyl adjacent to an activating group) is 1. The zero-order valence-electron chi connectivity index (χ0n) is 51.7. The molecule has 0 amide bonds. The van der Waals surface area contributed by atoms with Crippen molar-refractivity contribution in [3.05, 3.63) is 36.5 Å². The Kier molecular flexibility index (Phi) is 57.5. The summed E-state index contributed by atoms with van der Waals surface area (Å²) in [7, 11) is 1.18. The topological polar surface area (TPSA) is 111 Å². The number of hydrogen-bond acceptors (Lipinski definition) is 8. The van der Waals surface area contributed by atoms with Gasteiger partial charge in [0.1, 0.15) is 19.8 Å². The molecule has 0 aromatic carbocycles. The molecule has 0 fully saturated rings. The second-order valence-corrected chi connectivity index (χ2v) is 25.3. The van der Waals surface area contributed by atoms with Gasteiger partial charge < -0.3 is 27.9 Å². The van der Waals surface area contributed by atoms with Gasteiger partial charge in [-0.1, -0.05) is 301 Å². The fourth-order valence-corrected chi connectivity index (χ4v) is 10.5. The van der Waals surface area contributed by atoms with E-state index >= 15 is 0 Å². The molecule has 0 aliphatic carbocycles. The van der Waals surface area contributed by atoms with Crippen molar-refractivity contribution in [3.8, 4) is 0 Å². The van der Waals surface area contributed by atoms with Gasteiger partial charge in [0.2, 0.25) is 0 Å². The molecular weight excluding hydrogens is 978 g/mol. The van der Waals surface area contributed by atoms with Gasteiger partial charge in [-0.2, -0.15) is 0 Å². The third kappa shape index (κ3) is 63.3. The number of ether oxygens (including phenoxy) is 2. The van der Waals surface area contributed by atoms with Gasteiger partial charge in [0.15, 0.2) is 6.10 Å². The zero-order valence-corrected chi connectivity index (χ0v) is 52.6. The minimum absolute atomic E-state index is 0.0271. The number of phosphoric ester groups is 1. The number of rotatable bonds is 62. The lowest BCUT2D eigenvalue weighted by atomic mass is 10.0. The van der Waals surface area contributed by atoms with Crippen molar-refractivity contribution < 1.29 is 42.1 Å². The molecule has 2 atom stereocenters. The Bertz CT molecular complexity index is 1390. The van der Waals surface area contributed by atoms with Gasteiger partial charge >= 0.3 is 11.9 Å². The maximum Gasteiger partial charge on any atom is 0.306 e. The number of unbranched alkanes of at least 4 members (excludes halogenated alkanes) is 42. The predicted molar refractivity (Wildman–Crippen MR) is 328 cm³/mol. The lowest BCUT2D eigenvalue weighted by molar-refractivity contribution is -0.870. The number of hydrogen-bond donors (Lipinski definition) is 0. The number of quaternary nitrogens is 1. The van der Waals surface area contributed by atoms with Crippen molar-refractivity contribution >= 4 is 19.8 Å². The lowest BCUT2D eigenvalue weighted by Gasteiger charge is -2.28. The van der Waals surface area contributed by atoms with Crippen LogP contribution >= 0.6 is 7.82 Å². The van der Waals surface area contributed by atoms with Crippen molar-refractivity contribution in [1.82, 2.24) is 0 Å². The fraction of sp³-hybridized carbons (Fsp3) is 0.881. The molecule has 0 bridgehead atoms. The Labute approximate surface area is 478 Å². The molecule has 0 saturated heterocycles. The molecule has 0 heterocycles. The first-order valence-corrected chi connectivity index (χ1v) is 34.7. The molecule has 77 heavy (non-hydrogen) atoms. The summed E-state index contributed by atoms with van der Waals surface area (Å²) in [5, 5.41) is 0. The second kappa shape index (κ2) is 58.9. The van der Waals surface area contributed by atoms with E-state index in [0.717, 1.165) is 44.9 Å². The van der Waals surface area contributed by atoms with Crippen molar-refractivity contribution in [2.45, 2.75) is 335 Å². The highest BCUT2D eigenvalue weighted by atomic mass is 31.2. The number of allylic oxidation sites excluding steroid dienone is 6. The summed E-state index contributed by atoms with van der Waals surface area (Å²) in [5.74, 6) is -0.816. The van der Waals surface area contributed by atoms with Crippen LogP contribution in [0, 0.1) is 0 Å². The summed E-state index contributed by atoms with van der Waals surface area (Å²) in [6.07, 6.45) is 73.9. The van der Waals surface area contributed by atoms with Crippen molar-refractivity contribution in [1.29, 1.82) is 0 Å². The van der Waals surface area contributed by atoms with Crippen LogP contribution in [0.5, 0.6) is 0 Å². The van der Waals surface area contributed by atoms with Crippen LogP contribution in [0.1, 0.15) is 328 Å². The van der Waals surface area contributed by atoms with E-state index in [0.29, 0.717) is 17.4 Å². The van der Waals surface area contributed by atoms with E-state index in [1.807, 2.05) is 21.1 Å². The number of carbonyl (C=O) groups excluding carboxylic acids is 2. The molecule has 0 saturated carbocycles. The molecule has 0 rings (SSSR count). The first-order valence-electron chi connectivity index (χ1n) is 33.2. The molecule has 9 nitrogen and oxygen atoms in total. The predicted octanol–water partition coefficient (Wildman–Crippen LogP) is 20.5. The van der Waals surface area contributed by atoms with E-state index in [1.54, 1.807) is 0 Å². The highest BCUT2D eigenvalue weighted by Crippen LogP contribution is 2.38. The first-order chi connectivity index (χ1) is 37.5. The second-order valence-electron chi connectivity index (χ2n) is 23.8. The number of esters is 2. The van der Waals surface area contributed by atoms with Crippen LogP contribution in [0.2, 0.25) is 0 Å². The Hall–Kier alpha value is -1.77. The van der Waals surface area contributed by atoms with Gasteiger partial charge in [-0.3, -0.25) is 14.2 Å². The van der Waals surface area contributed by atoms with Crippen LogP contribution in [-0.4, -0.2) is 70.0 Å². The smallest absolute Gasteiger partial charge is 0.306 e. The van der Waals surface area contributed by atoms with Crippen LogP contribution in [-0.2, 0) is 32.7 Å². The fourth-order valence-electron chi connectivity index (χ4n) is 9.79. The molecule has 10 heteroatoms. The maximum absolute atomic E-state index is 12.8. The average Bonchev–Trinajstić information content (AvgIpc) is 3.39. The van der Waals surface area contributed by atoms with E-state index in [-0.39, 0.29) is 32.0 Å². The van der Waals surface area contributed by atoms with E-state index in [9.17, 15) is 19.0 Å². The Morgan fingerprint density at radius 3 is 1.04 bits per heavy atom. The maximum atomic E-state index is 12.8. The van der Waals surface area contributed by atoms with Gasteiger partial charge in [-0.25, -0.2) is 0 Å². The van der Waals surface area contributed by atoms with Gasteiger partial charge in [0.25, 0.3) is 7.82 Å². The van der Waals surface area contributed by atoms with Crippen LogP contribution in [0.25, 0.3) is 0 Å². The van der Waals surface area contributed by atoms with Crippen molar-refractivity contribution in [2.24, 2.45) is 0 Å². The summed E-state index contributed by atoms with van der Waals surface area (Å²) in [6, 6.07) is 0. The van der Waals surface area contributed by atoms with Gasteiger partial charge in [0.05, 0.1) is 27.7 Å². The van der Waals surface area contributed by atoms with Crippen molar-refractivity contribution in [2.75, 3.05) is 47.5 Å². The molecule has 454 valence electrons. The van der Waals surface area contributed by atoms with Crippen LogP contribution in [0.4, 0.5) is 0 Å². The third-order valence-electron chi connectivity index (χ3n) is 14.9. The molecular formula is C67H128NO8P. The third-order valence-corrected chi connectivity index (χ3v) is 15.9. The SMILES string of the molecule is CCCCCCC/C=C\C/C=C\C/C=C\CCCCCCCCCCCCCCCCCCCCCCCCCCCCC(=O)OC(COC(=O)CCCCCCCCCCCCCC)COP(=O)([O-])OCC[N+](C)(C)C. The monoisotopic (exact) mass is 1110 g/mol. The van der Waals surface area contributed by atoms with Crippen LogP contribution in [0.15, 0.2) is 36.5 Å². The normalized spacial score (nSPS) is 13.4. The van der Waals surface area contributed by atoms with Crippen LogP contribution < -0.4 is 4.89 Å². The van der Waals surface area contributed by atoms with E-state index < -0.39 is 26.5 Å². The standard InChI is InChI=1S/C67H128NO8P/c1-6-8-10-12-14-16-18-20-21-22-23-24-25-26-27-28-29-30-31-32-33-34-35-36-37-38-39-40-41-42-43-44-45-46-47-48-50-52-54-56-58-60-67(70)76-65(64-75-77(71,72)74-62-61-68(3,4)5)63-73-66(69)59-57-55-53-51-49-19-17-15-13-11-9-7-2/h18,20,22-23,25-26,65H,6-17,19,21,24,27-64H2,1-5H3/b20-18-,23-22-,26-25-.